The smallest absolute Gasteiger partial charge is 0.122 e. The van der Waals surface area contributed by atoms with E-state index in [4.69, 9.17) is 4.74 Å². The van der Waals surface area contributed by atoms with Crippen molar-refractivity contribution in [2.24, 2.45) is 0 Å². The summed E-state index contributed by atoms with van der Waals surface area (Å²) in [5.41, 5.74) is 0.641. The van der Waals surface area contributed by atoms with Crippen LogP contribution in [-0.4, -0.2) is 44.9 Å². The van der Waals surface area contributed by atoms with Crippen molar-refractivity contribution in [3.05, 3.63) is 54.1 Å². The molecule has 23 heavy (non-hydrogen) atoms. The van der Waals surface area contributed by atoms with Gasteiger partial charge in [-0.3, -0.25) is 4.90 Å². The number of β-amino-alcohol motifs (C(OH)–C–C–N with tert-alkyl or cyclic N) is 1. The van der Waals surface area contributed by atoms with Crippen molar-refractivity contribution in [2.45, 2.75) is 37.6 Å². The van der Waals surface area contributed by atoms with Gasteiger partial charge in [0.1, 0.15) is 5.82 Å². The van der Waals surface area contributed by atoms with Gasteiger partial charge in [0.05, 0.1) is 18.2 Å². The van der Waals surface area contributed by atoms with Crippen LogP contribution >= 0.6 is 0 Å². The van der Waals surface area contributed by atoms with Gasteiger partial charge in [-0.1, -0.05) is 30.3 Å². The minimum Gasteiger partial charge on any atom is -0.388 e. The molecule has 5 heteroatoms. The highest BCUT2D eigenvalue weighted by atomic mass is 16.5. The van der Waals surface area contributed by atoms with Gasteiger partial charge in [-0.15, -0.1) is 0 Å². The van der Waals surface area contributed by atoms with Gasteiger partial charge >= 0.3 is 0 Å². The zero-order valence-electron chi connectivity index (χ0n) is 13.3. The first-order chi connectivity index (χ1) is 11.2. The Morgan fingerprint density at radius 1 is 1.22 bits per heavy atom. The Labute approximate surface area is 136 Å². The lowest BCUT2D eigenvalue weighted by atomic mass is 9.92. The zero-order chi connectivity index (χ0) is 15.7. The average Bonchev–Trinajstić information content (AvgIpc) is 3.02. The van der Waals surface area contributed by atoms with Crippen LogP contribution in [0, 0.1) is 0 Å². The number of hydrogen-bond donors (Lipinski definition) is 1. The monoisotopic (exact) mass is 313 g/mol. The van der Waals surface area contributed by atoms with Crippen molar-refractivity contribution in [3.63, 3.8) is 0 Å². The van der Waals surface area contributed by atoms with Crippen LogP contribution in [-0.2, 0) is 17.8 Å². The van der Waals surface area contributed by atoms with Crippen LogP contribution in [0.4, 0.5) is 0 Å². The maximum absolute atomic E-state index is 10.9. The minimum absolute atomic E-state index is 0.268. The number of aliphatic hydroxyl groups is 1. The lowest BCUT2D eigenvalue weighted by molar-refractivity contribution is -0.0904. The fourth-order valence-electron chi connectivity index (χ4n) is 3.70. The molecule has 1 saturated heterocycles. The first-order valence-electron chi connectivity index (χ1n) is 8.33. The molecular formula is C18H23N3O2. The second kappa shape index (κ2) is 6.07. The molecule has 5 nitrogen and oxygen atoms in total. The van der Waals surface area contributed by atoms with Gasteiger partial charge in [0.25, 0.3) is 0 Å². The highest BCUT2D eigenvalue weighted by molar-refractivity contribution is 5.20. The third-order valence-electron chi connectivity index (χ3n) is 5.06. The van der Waals surface area contributed by atoms with Crippen molar-refractivity contribution in [1.82, 2.24) is 14.5 Å². The molecule has 4 rings (SSSR count). The molecule has 1 aromatic carbocycles. The lowest BCUT2D eigenvalue weighted by Crippen LogP contribution is -2.49. The van der Waals surface area contributed by atoms with E-state index in [1.165, 1.54) is 5.56 Å². The highest BCUT2D eigenvalue weighted by Gasteiger charge is 2.36. The fourth-order valence-corrected chi connectivity index (χ4v) is 3.70. The molecule has 1 N–H and O–H groups in total. The van der Waals surface area contributed by atoms with E-state index < -0.39 is 5.60 Å². The van der Waals surface area contributed by atoms with Gasteiger partial charge in [0.15, 0.2) is 0 Å². The third-order valence-corrected chi connectivity index (χ3v) is 5.06. The van der Waals surface area contributed by atoms with Crippen LogP contribution < -0.4 is 0 Å². The maximum atomic E-state index is 10.9. The topological polar surface area (TPSA) is 50.5 Å². The summed E-state index contributed by atoms with van der Waals surface area (Å²) >= 11 is 0. The Bertz CT molecular complexity index is 649. The molecule has 0 unspecified atom stereocenters. The maximum Gasteiger partial charge on any atom is 0.122 e. The largest absolute Gasteiger partial charge is 0.388 e. The molecule has 3 heterocycles. The number of benzene rings is 1. The molecule has 2 aromatic rings. The summed E-state index contributed by atoms with van der Waals surface area (Å²) in [6.45, 7) is 3.62. The van der Waals surface area contributed by atoms with E-state index in [2.05, 4.69) is 38.7 Å². The van der Waals surface area contributed by atoms with Crippen molar-refractivity contribution in [2.75, 3.05) is 19.8 Å². The third kappa shape index (κ3) is 3.04. The second-order valence-corrected chi connectivity index (χ2v) is 6.66. The van der Waals surface area contributed by atoms with Crippen LogP contribution in [0.15, 0.2) is 42.7 Å². The first-order valence-corrected chi connectivity index (χ1v) is 8.33. The first kappa shape index (κ1) is 14.9. The van der Waals surface area contributed by atoms with Gasteiger partial charge in [0.2, 0.25) is 0 Å². The van der Waals surface area contributed by atoms with E-state index in [9.17, 15) is 5.11 Å². The second-order valence-electron chi connectivity index (χ2n) is 6.66. The minimum atomic E-state index is -0.653. The fraction of sp³-hybridized carbons (Fsp3) is 0.500. The summed E-state index contributed by atoms with van der Waals surface area (Å²) < 4.78 is 7.64. The Morgan fingerprint density at radius 2 is 2.00 bits per heavy atom. The lowest BCUT2D eigenvalue weighted by Gasteiger charge is -2.42. The molecule has 0 aliphatic carbocycles. The summed E-state index contributed by atoms with van der Waals surface area (Å²) in [7, 11) is 0. The van der Waals surface area contributed by atoms with Crippen molar-refractivity contribution in [1.29, 1.82) is 0 Å². The molecule has 122 valence electrons. The van der Waals surface area contributed by atoms with Crippen LogP contribution in [0.3, 0.4) is 0 Å². The molecule has 0 spiro atoms. The Morgan fingerprint density at radius 3 is 2.78 bits per heavy atom. The van der Waals surface area contributed by atoms with Gasteiger partial charge in [-0.25, -0.2) is 4.98 Å². The number of rotatable bonds is 3. The predicted octanol–water partition coefficient (Wildman–Crippen LogP) is 1.98. The normalized spacial score (nSPS) is 24.3. The number of hydrogen-bond acceptors (Lipinski definition) is 4. The van der Waals surface area contributed by atoms with Crippen molar-refractivity contribution < 1.29 is 9.84 Å². The van der Waals surface area contributed by atoms with Crippen LogP contribution in [0.5, 0.6) is 0 Å². The van der Waals surface area contributed by atoms with E-state index in [-0.39, 0.29) is 6.04 Å². The Kier molecular flexibility index (Phi) is 3.93. The van der Waals surface area contributed by atoms with E-state index in [0.29, 0.717) is 32.6 Å². The molecule has 0 amide bonds. The molecule has 2 aliphatic rings. The van der Waals surface area contributed by atoms with Crippen molar-refractivity contribution in [3.8, 4) is 0 Å². The molecule has 1 aromatic heterocycles. The highest BCUT2D eigenvalue weighted by Crippen LogP contribution is 2.32. The average molecular weight is 313 g/mol. The van der Waals surface area contributed by atoms with Crippen LogP contribution in [0.2, 0.25) is 0 Å². The number of fused-ring (bicyclic) bond motifs is 1. The van der Waals surface area contributed by atoms with E-state index in [1.54, 1.807) is 0 Å². The number of imidazole rings is 1. The van der Waals surface area contributed by atoms with Crippen LogP contribution in [0.1, 0.15) is 30.3 Å². The molecule has 0 bridgehead atoms. The summed E-state index contributed by atoms with van der Waals surface area (Å²) in [6, 6.07) is 10.8. The summed E-state index contributed by atoms with van der Waals surface area (Å²) in [4.78, 5) is 6.84. The number of aromatic nitrogens is 2. The van der Waals surface area contributed by atoms with E-state index >= 15 is 0 Å². The zero-order valence-corrected chi connectivity index (χ0v) is 13.3. The molecule has 0 radical (unpaired) electrons. The molecule has 1 atom stereocenters. The quantitative estimate of drug-likeness (QED) is 0.941. The summed E-state index contributed by atoms with van der Waals surface area (Å²) in [6.07, 6.45) is 5.33. The van der Waals surface area contributed by atoms with Gasteiger partial charge in [-0.05, 0) is 5.56 Å². The molecular weight excluding hydrogens is 290 g/mol. The van der Waals surface area contributed by atoms with E-state index in [1.807, 2.05) is 18.5 Å². The Balaban J connectivity index is 1.61. The predicted molar refractivity (Wildman–Crippen MR) is 86.8 cm³/mol. The van der Waals surface area contributed by atoms with E-state index in [0.717, 1.165) is 18.9 Å². The van der Waals surface area contributed by atoms with Crippen molar-refractivity contribution >= 4 is 0 Å². The molecule has 0 saturated carbocycles. The molecule has 1 fully saturated rings. The summed E-state index contributed by atoms with van der Waals surface area (Å²) in [5.74, 6) is 1.08. The standard InChI is InChI=1S/C18H23N3O2/c22-18(6-10-23-11-7-18)14-21-13-17-19-8-9-20(17)12-16(21)15-4-2-1-3-5-15/h1-5,8-9,16,22H,6-7,10-14H2/t16-/m0/s1. The van der Waals surface area contributed by atoms with Gasteiger partial charge < -0.3 is 14.4 Å². The number of nitrogens with zero attached hydrogens (tertiary/aromatic N) is 3. The van der Waals surface area contributed by atoms with Gasteiger partial charge in [0, 0.05) is 51.5 Å². The summed E-state index contributed by atoms with van der Waals surface area (Å²) in [5, 5.41) is 10.9. The number of ether oxygens (including phenoxy) is 1. The van der Waals surface area contributed by atoms with Crippen LogP contribution in [0.25, 0.3) is 0 Å². The SMILES string of the molecule is OC1(CN2Cc3nccn3C[C@H]2c2ccccc2)CCOCC1. The Hall–Kier alpha value is -1.69. The van der Waals surface area contributed by atoms with Gasteiger partial charge in [-0.2, -0.15) is 0 Å². The molecule has 2 aliphatic heterocycles.